The van der Waals surface area contributed by atoms with Gasteiger partial charge >= 0.3 is 11.7 Å². The second-order valence-corrected chi connectivity index (χ2v) is 5.17. The van der Waals surface area contributed by atoms with E-state index in [1.165, 1.54) is 0 Å². The number of hydrogen-bond donors (Lipinski definition) is 1. The van der Waals surface area contributed by atoms with Crippen molar-refractivity contribution in [2.75, 3.05) is 13.1 Å². The van der Waals surface area contributed by atoms with Crippen LogP contribution in [0.3, 0.4) is 0 Å². The van der Waals surface area contributed by atoms with Crippen molar-refractivity contribution in [3.8, 4) is 0 Å². The van der Waals surface area contributed by atoms with E-state index in [1.807, 2.05) is 26.0 Å². The molecular weight excluding hydrogens is 258 g/mol. The standard InChI is InChI=1S/C14H19N3O3/c1-9(2)12-10(3)17(20-13(12)18)14(19)16-8-11-5-4-6-15-7-11/h4-6,9,11H,7-8H2,1-3H3,(H,16,19). The van der Waals surface area contributed by atoms with Crippen molar-refractivity contribution in [2.24, 2.45) is 10.9 Å². The van der Waals surface area contributed by atoms with Gasteiger partial charge in [0.15, 0.2) is 0 Å². The summed E-state index contributed by atoms with van der Waals surface area (Å²) in [6, 6.07) is -0.422. The van der Waals surface area contributed by atoms with Gasteiger partial charge in [-0.05, 0) is 18.9 Å². The Hall–Kier alpha value is -2.11. The summed E-state index contributed by atoms with van der Waals surface area (Å²) in [6.07, 6.45) is 5.59. The number of amides is 1. The molecule has 0 aromatic carbocycles. The highest BCUT2D eigenvalue weighted by Gasteiger charge is 2.20. The van der Waals surface area contributed by atoms with Gasteiger partial charge in [-0.2, -0.15) is 0 Å². The average Bonchev–Trinajstić information content (AvgIpc) is 2.72. The van der Waals surface area contributed by atoms with Crippen LogP contribution in [-0.4, -0.2) is 30.1 Å². The molecule has 6 nitrogen and oxygen atoms in total. The number of carbonyl (C=O) groups is 1. The first-order chi connectivity index (χ1) is 9.50. The molecule has 1 aromatic rings. The molecule has 1 N–H and O–H groups in total. The van der Waals surface area contributed by atoms with Gasteiger partial charge in [0.25, 0.3) is 0 Å². The Bertz CT molecular complexity index is 608. The first-order valence-electron chi connectivity index (χ1n) is 6.68. The van der Waals surface area contributed by atoms with Crippen LogP contribution < -0.4 is 10.9 Å². The normalized spacial score (nSPS) is 17.7. The molecule has 0 saturated heterocycles. The minimum Gasteiger partial charge on any atom is -0.335 e. The lowest BCUT2D eigenvalue weighted by Crippen LogP contribution is -2.34. The van der Waals surface area contributed by atoms with Crippen LogP contribution in [0.1, 0.15) is 31.0 Å². The Morgan fingerprint density at radius 2 is 2.35 bits per heavy atom. The molecule has 0 radical (unpaired) electrons. The average molecular weight is 277 g/mol. The maximum absolute atomic E-state index is 12.1. The lowest BCUT2D eigenvalue weighted by molar-refractivity contribution is 0.204. The Balaban J connectivity index is 2.06. The third-order valence-corrected chi connectivity index (χ3v) is 3.28. The van der Waals surface area contributed by atoms with Crippen LogP contribution in [0.15, 0.2) is 26.5 Å². The number of hydrogen-bond acceptors (Lipinski definition) is 4. The van der Waals surface area contributed by atoms with Gasteiger partial charge in [0.05, 0.1) is 11.3 Å². The molecule has 0 aliphatic carbocycles. The summed E-state index contributed by atoms with van der Waals surface area (Å²) in [5.74, 6) is 0.201. The number of aromatic nitrogens is 1. The van der Waals surface area contributed by atoms with Gasteiger partial charge in [0, 0.05) is 25.2 Å². The molecule has 1 aromatic heterocycles. The fourth-order valence-electron chi connectivity index (χ4n) is 2.25. The minimum atomic E-state index is -0.449. The van der Waals surface area contributed by atoms with E-state index in [9.17, 15) is 9.59 Å². The summed E-state index contributed by atoms with van der Waals surface area (Å²) in [6.45, 7) is 6.62. The highest BCUT2D eigenvalue weighted by molar-refractivity contribution is 5.76. The third-order valence-electron chi connectivity index (χ3n) is 3.28. The van der Waals surface area contributed by atoms with Crippen LogP contribution in [0.2, 0.25) is 0 Å². The smallest absolute Gasteiger partial charge is 0.335 e. The second kappa shape index (κ2) is 5.90. The maximum Gasteiger partial charge on any atom is 0.361 e. The predicted molar refractivity (Wildman–Crippen MR) is 76.6 cm³/mol. The van der Waals surface area contributed by atoms with E-state index in [-0.39, 0.29) is 11.8 Å². The van der Waals surface area contributed by atoms with Crippen LogP contribution in [-0.2, 0) is 0 Å². The van der Waals surface area contributed by atoms with Crippen LogP contribution in [0.5, 0.6) is 0 Å². The SMILES string of the molecule is Cc1c(C(C)C)c(=O)on1C(=O)NCC1C=CC=NC1. The lowest BCUT2D eigenvalue weighted by atomic mass is 10.1. The van der Waals surface area contributed by atoms with Gasteiger partial charge in [-0.25, -0.2) is 9.59 Å². The molecule has 1 aliphatic heterocycles. The fraction of sp³-hybridized carbons (Fsp3) is 0.500. The Morgan fingerprint density at radius 1 is 1.60 bits per heavy atom. The predicted octanol–water partition coefficient (Wildman–Crippen LogP) is 1.69. The van der Waals surface area contributed by atoms with E-state index in [4.69, 9.17) is 4.52 Å². The zero-order chi connectivity index (χ0) is 14.7. The topological polar surface area (TPSA) is 76.6 Å². The molecule has 1 atom stereocenters. The largest absolute Gasteiger partial charge is 0.361 e. The van der Waals surface area contributed by atoms with Crippen molar-refractivity contribution in [2.45, 2.75) is 26.7 Å². The molecule has 20 heavy (non-hydrogen) atoms. The summed E-state index contributed by atoms with van der Waals surface area (Å²) < 4.78 is 6.05. The second-order valence-electron chi connectivity index (χ2n) is 5.17. The van der Waals surface area contributed by atoms with E-state index >= 15 is 0 Å². The number of dihydropyridines is 1. The number of carbonyl (C=O) groups excluding carboxylic acids is 1. The van der Waals surface area contributed by atoms with E-state index in [2.05, 4.69) is 10.3 Å². The molecule has 6 heteroatoms. The Kier molecular flexibility index (Phi) is 4.22. The maximum atomic E-state index is 12.1. The van der Waals surface area contributed by atoms with Gasteiger partial charge in [0.2, 0.25) is 0 Å². The van der Waals surface area contributed by atoms with E-state index < -0.39 is 11.7 Å². The quantitative estimate of drug-likeness (QED) is 0.913. The molecule has 108 valence electrons. The van der Waals surface area contributed by atoms with Gasteiger partial charge in [-0.15, -0.1) is 4.74 Å². The molecular formula is C14H19N3O3. The highest BCUT2D eigenvalue weighted by Crippen LogP contribution is 2.15. The first kappa shape index (κ1) is 14.3. The van der Waals surface area contributed by atoms with Crippen LogP contribution in [0, 0.1) is 12.8 Å². The van der Waals surface area contributed by atoms with Crippen molar-refractivity contribution in [3.63, 3.8) is 0 Å². The highest BCUT2D eigenvalue weighted by atomic mass is 16.5. The van der Waals surface area contributed by atoms with Crippen molar-refractivity contribution in [3.05, 3.63) is 33.8 Å². The molecule has 1 aliphatic rings. The van der Waals surface area contributed by atoms with Crippen LogP contribution >= 0.6 is 0 Å². The zero-order valence-corrected chi connectivity index (χ0v) is 11.9. The number of aliphatic imine (C=N–C) groups is 1. The van der Waals surface area contributed by atoms with Crippen molar-refractivity contribution < 1.29 is 9.32 Å². The number of nitrogens with zero attached hydrogens (tertiary/aromatic N) is 2. The fourth-order valence-corrected chi connectivity index (χ4v) is 2.25. The molecule has 0 fully saturated rings. The minimum absolute atomic E-state index is 0.0240. The summed E-state index contributed by atoms with van der Waals surface area (Å²) in [5.41, 5.74) is 0.650. The van der Waals surface area contributed by atoms with E-state index in [0.29, 0.717) is 24.3 Å². The van der Waals surface area contributed by atoms with Gasteiger partial charge < -0.3 is 9.84 Å². The Morgan fingerprint density at radius 3 is 2.90 bits per heavy atom. The summed E-state index contributed by atoms with van der Waals surface area (Å²) in [7, 11) is 0. The molecule has 2 rings (SSSR count). The van der Waals surface area contributed by atoms with Gasteiger partial charge in [0.1, 0.15) is 0 Å². The van der Waals surface area contributed by atoms with Crippen LogP contribution in [0.25, 0.3) is 0 Å². The van der Waals surface area contributed by atoms with Crippen molar-refractivity contribution >= 4 is 12.2 Å². The lowest BCUT2D eigenvalue weighted by Gasteiger charge is -2.13. The summed E-state index contributed by atoms with van der Waals surface area (Å²) in [4.78, 5) is 27.9. The number of nitrogens with one attached hydrogen (secondary N) is 1. The van der Waals surface area contributed by atoms with Crippen LogP contribution in [0.4, 0.5) is 4.79 Å². The third kappa shape index (κ3) is 2.89. The molecule has 0 spiro atoms. The molecule has 2 heterocycles. The Labute approximate surface area is 117 Å². The van der Waals surface area contributed by atoms with Gasteiger partial charge in [-0.1, -0.05) is 19.9 Å². The molecule has 0 bridgehead atoms. The summed E-state index contributed by atoms with van der Waals surface area (Å²) in [5, 5.41) is 2.76. The number of rotatable bonds is 3. The zero-order valence-electron chi connectivity index (χ0n) is 11.9. The number of allylic oxidation sites excluding steroid dienone is 1. The molecule has 1 amide bonds. The monoisotopic (exact) mass is 277 g/mol. The molecule has 0 saturated carbocycles. The van der Waals surface area contributed by atoms with Crippen molar-refractivity contribution in [1.82, 2.24) is 10.1 Å². The van der Waals surface area contributed by atoms with E-state index in [0.717, 1.165) is 4.74 Å². The van der Waals surface area contributed by atoms with Crippen molar-refractivity contribution in [1.29, 1.82) is 0 Å². The molecule has 1 unspecified atom stereocenters. The van der Waals surface area contributed by atoms with Gasteiger partial charge in [-0.3, -0.25) is 4.99 Å². The van der Waals surface area contributed by atoms with E-state index in [1.54, 1.807) is 13.1 Å². The first-order valence-corrected chi connectivity index (χ1v) is 6.68. The summed E-state index contributed by atoms with van der Waals surface area (Å²) >= 11 is 0.